The van der Waals surface area contributed by atoms with Crippen LogP contribution in [0.4, 0.5) is 0 Å². The van der Waals surface area contributed by atoms with Crippen LogP contribution in [0, 0.1) is 0 Å². The summed E-state index contributed by atoms with van der Waals surface area (Å²) >= 11 is 11.8. The number of Topliss-reactive ketones (excluding diaryl/α,β-unsaturated/α-hetero) is 1. The number of nitrogens with one attached hydrogen (secondary N) is 1. The monoisotopic (exact) mass is 245 g/mol. The molecule has 1 N–H and O–H groups in total. The van der Waals surface area contributed by atoms with Crippen molar-refractivity contribution in [2.45, 2.75) is 13.3 Å². The standard InChI is InChI=1S/C11H13Cl2NO/c1-2-14-7-9(15)6-8-4-3-5-10(12)11(8)13/h3-5,14H,2,6-7H2,1H3. The SMILES string of the molecule is CCNCC(=O)Cc1cccc(Cl)c1Cl. The van der Waals surface area contributed by atoms with E-state index >= 15 is 0 Å². The van der Waals surface area contributed by atoms with Gasteiger partial charge in [-0.3, -0.25) is 4.79 Å². The molecule has 0 unspecified atom stereocenters. The summed E-state index contributed by atoms with van der Waals surface area (Å²) in [6, 6.07) is 5.32. The minimum Gasteiger partial charge on any atom is -0.310 e. The maximum absolute atomic E-state index is 11.5. The number of carbonyl (C=O) groups excluding carboxylic acids is 1. The second-order valence-electron chi connectivity index (χ2n) is 3.21. The third kappa shape index (κ3) is 3.82. The van der Waals surface area contributed by atoms with Crippen LogP contribution in [0.15, 0.2) is 18.2 Å². The van der Waals surface area contributed by atoms with Crippen molar-refractivity contribution in [1.29, 1.82) is 0 Å². The van der Waals surface area contributed by atoms with Crippen LogP contribution in [0.1, 0.15) is 12.5 Å². The Morgan fingerprint density at radius 1 is 1.40 bits per heavy atom. The van der Waals surface area contributed by atoms with E-state index in [4.69, 9.17) is 23.2 Å². The fourth-order valence-corrected chi connectivity index (χ4v) is 1.61. The zero-order valence-corrected chi connectivity index (χ0v) is 10.0. The van der Waals surface area contributed by atoms with Crippen molar-refractivity contribution in [3.63, 3.8) is 0 Å². The Morgan fingerprint density at radius 2 is 2.13 bits per heavy atom. The van der Waals surface area contributed by atoms with E-state index in [-0.39, 0.29) is 5.78 Å². The number of hydrogen-bond acceptors (Lipinski definition) is 2. The van der Waals surface area contributed by atoms with Gasteiger partial charge in [0.15, 0.2) is 5.78 Å². The Kier molecular flexibility index (Phi) is 5.09. The summed E-state index contributed by atoms with van der Waals surface area (Å²) in [5.41, 5.74) is 0.784. The van der Waals surface area contributed by atoms with Gasteiger partial charge in [0.25, 0.3) is 0 Å². The van der Waals surface area contributed by atoms with E-state index in [2.05, 4.69) is 5.32 Å². The lowest BCUT2D eigenvalue weighted by atomic mass is 10.1. The number of hydrogen-bond donors (Lipinski definition) is 1. The second kappa shape index (κ2) is 6.11. The molecule has 0 bridgehead atoms. The highest BCUT2D eigenvalue weighted by atomic mass is 35.5. The van der Waals surface area contributed by atoms with E-state index in [0.29, 0.717) is 23.0 Å². The zero-order chi connectivity index (χ0) is 11.3. The molecule has 0 saturated carbocycles. The minimum absolute atomic E-state index is 0.112. The molecule has 2 nitrogen and oxygen atoms in total. The molecule has 1 aromatic rings. The highest BCUT2D eigenvalue weighted by Crippen LogP contribution is 2.25. The van der Waals surface area contributed by atoms with Crippen LogP contribution in [0.25, 0.3) is 0 Å². The minimum atomic E-state index is 0.112. The Morgan fingerprint density at radius 3 is 2.80 bits per heavy atom. The van der Waals surface area contributed by atoms with Gasteiger partial charge in [0.05, 0.1) is 16.6 Å². The molecule has 0 aliphatic rings. The molecule has 0 saturated heterocycles. The van der Waals surface area contributed by atoms with Gasteiger partial charge < -0.3 is 5.32 Å². The Bertz CT molecular complexity index is 352. The van der Waals surface area contributed by atoms with Gasteiger partial charge in [0, 0.05) is 6.42 Å². The van der Waals surface area contributed by atoms with Gasteiger partial charge in [-0.05, 0) is 18.2 Å². The molecule has 0 aromatic heterocycles. The van der Waals surface area contributed by atoms with Crippen LogP contribution < -0.4 is 5.32 Å². The first kappa shape index (κ1) is 12.5. The maximum Gasteiger partial charge on any atom is 0.151 e. The first-order valence-electron chi connectivity index (χ1n) is 4.80. The molecule has 0 spiro atoms. The van der Waals surface area contributed by atoms with Crippen molar-refractivity contribution in [3.05, 3.63) is 33.8 Å². The average Bonchev–Trinajstić information content (AvgIpc) is 2.22. The highest BCUT2D eigenvalue weighted by Gasteiger charge is 2.08. The Balaban J connectivity index is 2.64. The van der Waals surface area contributed by atoms with Crippen LogP contribution >= 0.6 is 23.2 Å². The van der Waals surface area contributed by atoms with Gasteiger partial charge in [-0.2, -0.15) is 0 Å². The Labute approximate surface area is 99.6 Å². The van der Waals surface area contributed by atoms with Crippen molar-refractivity contribution in [2.24, 2.45) is 0 Å². The number of carbonyl (C=O) groups is 1. The number of benzene rings is 1. The predicted octanol–water partition coefficient (Wildman–Crippen LogP) is 2.71. The lowest BCUT2D eigenvalue weighted by Crippen LogP contribution is -2.23. The summed E-state index contributed by atoms with van der Waals surface area (Å²) < 4.78 is 0. The summed E-state index contributed by atoms with van der Waals surface area (Å²) in [6.07, 6.45) is 0.326. The molecule has 1 aromatic carbocycles. The van der Waals surface area contributed by atoms with Crippen molar-refractivity contribution in [2.75, 3.05) is 13.1 Å². The zero-order valence-electron chi connectivity index (χ0n) is 8.52. The molecule has 0 aliphatic carbocycles. The van der Waals surface area contributed by atoms with Crippen molar-refractivity contribution >= 4 is 29.0 Å². The summed E-state index contributed by atoms with van der Waals surface area (Å²) in [5, 5.41) is 3.94. The van der Waals surface area contributed by atoms with Gasteiger partial charge in [0.1, 0.15) is 0 Å². The van der Waals surface area contributed by atoms with Crippen molar-refractivity contribution < 1.29 is 4.79 Å². The molecule has 0 heterocycles. The fourth-order valence-electron chi connectivity index (χ4n) is 1.22. The molecule has 15 heavy (non-hydrogen) atoms. The van der Waals surface area contributed by atoms with Crippen molar-refractivity contribution in [3.8, 4) is 0 Å². The van der Waals surface area contributed by atoms with Gasteiger partial charge in [0.2, 0.25) is 0 Å². The third-order valence-corrected chi connectivity index (χ3v) is 2.85. The molecule has 82 valence electrons. The van der Waals surface area contributed by atoms with Crippen LogP contribution in [0.2, 0.25) is 10.0 Å². The summed E-state index contributed by atoms with van der Waals surface area (Å²) in [4.78, 5) is 11.5. The van der Waals surface area contributed by atoms with Gasteiger partial charge in [-0.25, -0.2) is 0 Å². The van der Waals surface area contributed by atoms with Gasteiger partial charge >= 0.3 is 0 Å². The molecule has 0 fully saturated rings. The highest BCUT2D eigenvalue weighted by molar-refractivity contribution is 6.42. The summed E-state index contributed by atoms with van der Waals surface area (Å²) in [7, 11) is 0. The second-order valence-corrected chi connectivity index (χ2v) is 3.99. The van der Waals surface area contributed by atoms with Crippen LogP contribution in [-0.4, -0.2) is 18.9 Å². The quantitative estimate of drug-likeness (QED) is 0.865. The van der Waals surface area contributed by atoms with Crippen LogP contribution in [-0.2, 0) is 11.2 Å². The summed E-state index contributed by atoms with van der Waals surface area (Å²) in [6.45, 7) is 3.12. The molecular formula is C11H13Cl2NO. The van der Waals surface area contributed by atoms with Crippen molar-refractivity contribution in [1.82, 2.24) is 5.32 Å². The third-order valence-electron chi connectivity index (χ3n) is 1.99. The molecule has 0 amide bonds. The molecule has 1 rings (SSSR count). The van der Waals surface area contributed by atoms with E-state index in [1.165, 1.54) is 0 Å². The molecule has 0 atom stereocenters. The van der Waals surface area contributed by atoms with Crippen LogP contribution in [0.5, 0.6) is 0 Å². The van der Waals surface area contributed by atoms with Crippen LogP contribution in [0.3, 0.4) is 0 Å². The lowest BCUT2D eigenvalue weighted by Gasteiger charge is -2.05. The number of halogens is 2. The van der Waals surface area contributed by atoms with Gasteiger partial charge in [-0.15, -0.1) is 0 Å². The van der Waals surface area contributed by atoms with E-state index < -0.39 is 0 Å². The first-order valence-corrected chi connectivity index (χ1v) is 5.56. The fraction of sp³-hybridized carbons (Fsp3) is 0.364. The first-order chi connectivity index (χ1) is 7.15. The molecule has 4 heteroatoms. The largest absolute Gasteiger partial charge is 0.310 e. The maximum atomic E-state index is 11.5. The van der Waals surface area contributed by atoms with E-state index in [1.54, 1.807) is 12.1 Å². The predicted molar refractivity (Wildman–Crippen MR) is 63.7 cm³/mol. The average molecular weight is 246 g/mol. The topological polar surface area (TPSA) is 29.1 Å². The normalized spacial score (nSPS) is 10.3. The van der Waals surface area contributed by atoms with E-state index in [0.717, 1.165) is 12.1 Å². The number of likely N-dealkylation sites (N-methyl/N-ethyl adjacent to an activating group) is 1. The molecular weight excluding hydrogens is 233 g/mol. The van der Waals surface area contributed by atoms with Gasteiger partial charge in [-0.1, -0.05) is 42.3 Å². The lowest BCUT2D eigenvalue weighted by molar-refractivity contribution is -0.117. The van der Waals surface area contributed by atoms with E-state index in [1.807, 2.05) is 13.0 Å². The smallest absolute Gasteiger partial charge is 0.151 e. The number of rotatable bonds is 5. The summed E-state index contributed by atoms with van der Waals surface area (Å²) in [5.74, 6) is 0.112. The molecule has 0 aliphatic heterocycles. The van der Waals surface area contributed by atoms with E-state index in [9.17, 15) is 4.79 Å². The Hall–Kier alpha value is -0.570. The molecule has 0 radical (unpaired) electrons. The number of ketones is 1.